The van der Waals surface area contributed by atoms with E-state index in [4.69, 9.17) is 5.73 Å². The molecule has 3 N–H and O–H groups in total. The smallest absolute Gasteiger partial charge is 0.227 e. The lowest BCUT2D eigenvalue weighted by Crippen LogP contribution is -2.33. The van der Waals surface area contributed by atoms with Crippen molar-refractivity contribution in [3.8, 4) is 0 Å². The van der Waals surface area contributed by atoms with E-state index in [1.54, 1.807) is 0 Å². The van der Waals surface area contributed by atoms with Crippen molar-refractivity contribution in [1.82, 2.24) is 5.32 Å². The second kappa shape index (κ2) is 6.83. The van der Waals surface area contributed by atoms with Crippen LogP contribution in [-0.4, -0.2) is 5.91 Å². The summed E-state index contributed by atoms with van der Waals surface area (Å²) in [6.45, 7) is 1.98. The highest BCUT2D eigenvalue weighted by atomic mass is 16.1. The number of benzene rings is 3. The Bertz CT molecular complexity index is 963. The van der Waals surface area contributed by atoms with Crippen molar-refractivity contribution in [2.45, 2.75) is 38.1 Å². The van der Waals surface area contributed by atoms with Gasteiger partial charge in [0.1, 0.15) is 0 Å². The average molecular weight is 344 g/mol. The molecule has 1 amide bonds. The first kappa shape index (κ1) is 16.6. The molecular weight excluding hydrogens is 320 g/mol. The number of hydrogen-bond acceptors (Lipinski definition) is 2. The Morgan fingerprint density at radius 2 is 1.88 bits per heavy atom. The molecule has 132 valence electrons. The van der Waals surface area contributed by atoms with Crippen LogP contribution in [0, 0.1) is 0 Å². The SMILES string of the molecule is CC(C(=O)NC1CCCc2cc(N)ccc21)c1ccc2ccccc2c1. The van der Waals surface area contributed by atoms with Gasteiger partial charge in [0.2, 0.25) is 5.91 Å². The highest BCUT2D eigenvalue weighted by Gasteiger charge is 2.24. The van der Waals surface area contributed by atoms with E-state index in [1.165, 1.54) is 21.9 Å². The summed E-state index contributed by atoms with van der Waals surface area (Å²) < 4.78 is 0. The van der Waals surface area contributed by atoms with Crippen LogP contribution in [0.3, 0.4) is 0 Å². The van der Waals surface area contributed by atoms with Crippen molar-refractivity contribution in [2.24, 2.45) is 0 Å². The lowest BCUT2D eigenvalue weighted by molar-refractivity contribution is -0.123. The van der Waals surface area contributed by atoms with E-state index in [1.807, 2.05) is 31.2 Å². The first-order valence-corrected chi connectivity index (χ1v) is 9.29. The minimum Gasteiger partial charge on any atom is -0.399 e. The molecule has 0 aromatic heterocycles. The molecule has 0 saturated carbocycles. The molecule has 3 aromatic rings. The molecule has 2 unspecified atom stereocenters. The van der Waals surface area contributed by atoms with Gasteiger partial charge >= 0.3 is 0 Å². The summed E-state index contributed by atoms with van der Waals surface area (Å²) >= 11 is 0. The monoisotopic (exact) mass is 344 g/mol. The number of nitrogens with two attached hydrogens (primary N) is 1. The van der Waals surface area contributed by atoms with Gasteiger partial charge in [-0.2, -0.15) is 0 Å². The molecule has 0 fully saturated rings. The zero-order valence-corrected chi connectivity index (χ0v) is 15.0. The Balaban J connectivity index is 1.54. The molecule has 0 aliphatic heterocycles. The molecule has 2 atom stereocenters. The molecule has 3 heteroatoms. The normalized spacial score (nSPS) is 17.5. The van der Waals surface area contributed by atoms with Crippen molar-refractivity contribution >= 4 is 22.4 Å². The van der Waals surface area contributed by atoms with Gasteiger partial charge in [0.25, 0.3) is 0 Å². The maximum atomic E-state index is 12.9. The zero-order chi connectivity index (χ0) is 18.1. The van der Waals surface area contributed by atoms with E-state index >= 15 is 0 Å². The second-order valence-corrected chi connectivity index (χ2v) is 7.24. The van der Waals surface area contributed by atoms with E-state index in [0.29, 0.717) is 0 Å². The molecular formula is C23H24N2O. The van der Waals surface area contributed by atoms with Crippen molar-refractivity contribution in [3.63, 3.8) is 0 Å². The molecule has 0 spiro atoms. The van der Waals surface area contributed by atoms with Crippen LogP contribution >= 0.6 is 0 Å². The Kier molecular flexibility index (Phi) is 4.37. The zero-order valence-electron chi connectivity index (χ0n) is 15.0. The third-order valence-electron chi connectivity index (χ3n) is 5.46. The van der Waals surface area contributed by atoms with Gasteiger partial charge in [-0.15, -0.1) is 0 Å². The summed E-state index contributed by atoms with van der Waals surface area (Å²) in [5.74, 6) is -0.103. The average Bonchev–Trinajstić information content (AvgIpc) is 2.67. The Morgan fingerprint density at radius 3 is 2.73 bits per heavy atom. The lowest BCUT2D eigenvalue weighted by Gasteiger charge is -2.28. The molecule has 3 nitrogen and oxygen atoms in total. The fraction of sp³-hybridized carbons (Fsp3) is 0.261. The van der Waals surface area contributed by atoms with Gasteiger partial charge in [0, 0.05) is 5.69 Å². The van der Waals surface area contributed by atoms with Crippen LogP contribution in [0.1, 0.15) is 48.4 Å². The number of nitrogens with one attached hydrogen (secondary N) is 1. The molecule has 0 saturated heterocycles. The topological polar surface area (TPSA) is 55.1 Å². The van der Waals surface area contributed by atoms with Gasteiger partial charge in [0.05, 0.1) is 12.0 Å². The van der Waals surface area contributed by atoms with E-state index in [-0.39, 0.29) is 17.9 Å². The van der Waals surface area contributed by atoms with Crippen LogP contribution < -0.4 is 11.1 Å². The van der Waals surface area contributed by atoms with Crippen LogP contribution in [0.25, 0.3) is 10.8 Å². The number of carbonyl (C=O) groups is 1. The highest BCUT2D eigenvalue weighted by molar-refractivity contribution is 5.87. The van der Waals surface area contributed by atoms with Crippen LogP contribution in [0.15, 0.2) is 60.7 Å². The van der Waals surface area contributed by atoms with Crippen molar-refractivity contribution in [2.75, 3.05) is 5.73 Å². The lowest BCUT2D eigenvalue weighted by atomic mass is 9.86. The molecule has 3 aromatic carbocycles. The maximum Gasteiger partial charge on any atom is 0.227 e. The van der Waals surface area contributed by atoms with Crippen LogP contribution in [0.5, 0.6) is 0 Å². The minimum absolute atomic E-state index is 0.0785. The van der Waals surface area contributed by atoms with Crippen LogP contribution in [-0.2, 0) is 11.2 Å². The number of carbonyl (C=O) groups excluding carboxylic acids is 1. The quantitative estimate of drug-likeness (QED) is 0.676. The van der Waals surface area contributed by atoms with Gasteiger partial charge < -0.3 is 11.1 Å². The van der Waals surface area contributed by atoms with Gasteiger partial charge in [-0.3, -0.25) is 4.79 Å². The molecule has 0 bridgehead atoms. The summed E-state index contributed by atoms with van der Waals surface area (Å²) in [4.78, 5) is 12.9. The third kappa shape index (κ3) is 3.17. The van der Waals surface area contributed by atoms with Crippen LogP contribution in [0.2, 0.25) is 0 Å². The minimum atomic E-state index is -0.182. The van der Waals surface area contributed by atoms with Gasteiger partial charge in [-0.05, 0) is 65.8 Å². The fourth-order valence-corrected chi connectivity index (χ4v) is 3.91. The van der Waals surface area contributed by atoms with Crippen LogP contribution in [0.4, 0.5) is 5.69 Å². The first-order valence-electron chi connectivity index (χ1n) is 9.29. The van der Waals surface area contributed by atoms with Gasteiger partial charge in [-0.25, -0.2) is 0 Å². The molecule has 1 aliphatic rings. The summed E-state index contributed by atoms with van der Waals surface area (Å²) in [5.41, 5.74) is 10.2. The number of nitrogen functional groups attached to an aromatic ring is 1. The number of aryl methyl sites for hydroxylation is 1. The van der Waals surface area contributed by atoms with E-state index in [2.05, 4.69) is 41.7 Å². The molecule has 4 rings (SSSR count). The molecule has 0 radical (unpaired) electrons. The molecule has 26 heavy (non-hydrogen) atoms. The Hall–Kier alpha value is -2.81. The van der Waals surface area contributed by atoms with E-state index < -0.39 is 0 Å². The number of hydrogen-bond donors (Lipinski definition) is 2. The van der Waals surface area contributed by atoms with E-state index in [0.717, 1.165) is 30.5 Å². The summed E-state index contributed by atoms with van der Waals surface area (Å²) in [6, 6.07) is 20.6. The van der Waals surface area contributed by atoms with E-state index in [9.17, 15) is 4.79 Å². The van der Waals surface area contributed by atoms with Gasteiger partial charge in [-0.1, -0.05) is 48.5 Å². The number of amides is 1. The first-order chi connectivity index (χ1) is 12.6. The number of rotatable bonds is 3. The standard InChI is InChI=1S/C23H24N2O/c1-15(17-10-9-16-5-2-3-6-18(16)13-17)23(26)25-22-8-4-7-19-14-20(24)11-12-21(19)22/h2-3,5-6,9-15,22H,4,7-8,24H2,1H3,(H,25,26). The predicted octanol–water partition coefficient (Wildman–Crippen LogP) is 4.72. The third-order valence-corrected chi connectivity index (χ3v) is 5.46. The second-order valence-electron chi connectivity index (χ2n) is 7.24. The van der Waals surface area contributed by atoms with Crippen molar-refractivity contribution in [3.05, 3.63) is 77.4 Å². The number of anilines is 1. The van der Waals surface area contributed by atoms with Crippen molar-refractivity contribution < 1.29 is 4.79 Å². The highest BCUT2D eigenvalue weighted by Crippen LogP contribution is 2.32. The largest absolute Gasteiger partial charge is 0.399 e. The Morgan fingerprint density at radius 1 is 1.08 bits per heavy atom. The summed E-state index contributed by atoms with van der Waals surface area (Å²) in [5, 5.41) is 5.63. The summed E-state index contributed by atoms with van der Waals surface area (Å²) in [7, 11) is 0. The predicted molar refractivity (Wildman–Crippen MR) is 107 cm³/mol. The summed E-state index contributed by atoms with van der Waals surface area (Å²) in [6.07, 6.45) is 3.09. The van der Waals surface area contributed by atoms with Crippen molar-refractivity contribution in [1.29, 1.82) is 0 Å². The van der Waals surface area contributed by atoms with Gasteiger partial charge in [0.15, 0.2) is 0 Å². The Labute approximate surface area is 154 Å². The number of fused-ring (bicyclic) bond motifs is 2. The fourth-order valence-electron chi connectivity index (χ4n) is 3.91. The molecule has 1 aliphatic carbocycles. The molecule has 0 heterocycles. The maximum absolute atomic E-state index is 12.9.